The van der Waals surface area contributed by atoms with E-state index in [0.29, 0.717) is 5.82 Å². The van der Waals surface area contributed by atoms with Gasteiger partial charge in [-0.05, 0) is 20.3 Å². The van der Waals surface area contributed by atoms with Crippen LogP contribution in [0.1, 0.15) is 38.6 Å². The molecule has 1 N–H and O–H groups in total. The lowest BCUT2D eigenvalue weighted by atomic mass is 10.1. The van der Waals surface area contributed by atoms with Gasteiger partial charge in [-0.1, -0.05) is 0 Å². The van der Waals surface area contributed by atoms with E-state index in [-0.39, 0.29) is 18.9 Å². The molecule has 0 spiro atoms. The highest BCUT2D eigenvalue weighted by molar-refractivity contribution is 4.89. The summed E-state index contributed by atoms with van der Waals surface area (Å²) in [6.07, 6.45) is -5.14. The Hall–Kier alpha value is -1.11. The molecule has 7 heteroatoms. The predicted molar refractivity (Wildman–Crippen MR) is 55.4 cm³/mol. The molecule has 98 valence electrons. The summed E-state index contributed by atoms with van der Waals surface area (Å²) in [7, 11) is 0. The largest absolute Gasteiger partial charge is 0.393 e. The summed E-state index contributed by atoms with van der Waals surface area (Å²) in [5.41, 5.74) is 0. The number of aliphatic hydroxyl groups is 1. The van der Waals surface area contributed by atoms with Gasteiger partial charge >= 0.3 is 6.18 Å². The van der Waals surface area contributed by atoms with Crippen LogP contribution in [0.15, 0.2) is 6.33 Å². The average Bonchev–Trinajstić information content (AvgIpc) is 2.62. The third-order valence-corrected chi connectivity index (χ3v) is 2.32. The number of rotatable bonds is 5. The molecule has 1 unspecified atom stereocenters. The first-order valence-corrected chi connectivity index (χ1v) is 5.43. The molecule has 1 rings (SSSR count). The first-order chi connectivity index (χ1) is 7.79. The zero-order valence-corrected chi connectivity index (χ0v) is 9.78. The monoisotopic (exact) mass is 251 g/mol. The van der Waals surface area contributed by atoms with Crippen molar-refractivity contribution < 1.29 is 18.3 Å². The molecule has 0 radical (unpaired) electrons. The molecule has 0 aliphatic carbocycles. The Labute approximate surface area is 97.5 Å². The highest BCUT2D eigenvalue weighted by Crippen LogP contribution is 2.23. The maximum atomic E-state index is 12.0. The molecule has 0 aliphatic rings. The number of alkyl halides is 3. The van der Waals surface area contributed by atoms with Gasteiger partial charge < -0.3 is 5.11 Å². The van der Waals surface area contributed by atoms with E-state index < -0.39 is 18.7 Å². The van der Waals surface area contributed by atoms with Crippen LogP contribution in [0.25, 0.3) is 0 Å². The van der Waals surface area contributed by atoms with Crippen molar-refractivity contribution in [1.82, 2.24) is 14.8 Å². The molecule has 4 nitrogen and oxygen atoms in total. The fourth-order valence-electron chi connectivity index (χ4n) is 1.49. The second kappa shape index (κ2) is 5.48. The first kappa shape index (κ1) is 14.0. The van der Waals surface area contributed by atoms with Gasteiger partial charge in [-0.15, -0.1) is 0 Å². The average molecular weight is 251 g/mol. The van der Waals surface area contributed by atoms with Gasteiger partial charge in [0.1, 0.15) is 12.2 Å². The second-order valence-corrected chi connectivity index (χ2v) is 4.23. The van der Waals surface area contributed by atoms with E-state index in [0.717, 1.165) is 0 Å². The van der Waals surface area contributed by atoms with E-state index in [2.05, 4.69) is 10.1 Å². The van der Waals surface area contributed by atoms with E-state index in [1.54, 1.807) is 4.68 Å². The molecular formula is C10H16F3N3O. The van der Waals surface area contributed by atoms with Gasteiger partial charge in [0.2, 0.25) is 0 Å². The number of hydrogen-bond donors (Lipinski definition) is 1. The summed E-state index contributed by atoms with van der Waals surface area (Å²) in [6.45, 7) is 3.78. The topological polar surface area (TPSA) is 50.9 Å². The fourth-order valence-corrected chi connectivity index (χ4v) is 1.49. The van der Waals surface area contributed by atoms with Gasteiger partial charge in [0.25, 0.3) is 0 Å². The van der Waals surface area contributed by atoms with Crippen molar-refractivity contribution in [2.24, 2.45) is 0 Å². The predicted octanol–water partition coefficient (Wildman–Crippen LogP) is 2.10. The van der Waals surface area contributed by atoms with Crippen LogP contribution in [-0.2, 0) is 6.42 Å². The maximum Gasteiger partial charge on any atom is 0.389 e. The smallest absolute Gasteiger partial charge is 0.389 e. The van der Waals surface area contributed by atoms with Crippen LogP contribution in [0, 0.1) is 0 Å². The number of aliphatic hydroxyl groups excluding tert-OH is 1. The minimum Gasteiger partial charge on any atom is -0.393 e. The van der Waals surface area contributed by atoms with Crippen molar-refractivity contribution in [2.75, 3.05) is 0 Å². The Bertz CT molecular complexity index is 349. The molecule has 1 heterocycles. The summed E-state index contributed by atoms with van der Waals surface area (Å²) in [5.74, 6) is 0.509. The van der Waals surface area contributed by atoms with Gasteiger partial charge in [0.15, 0.2) is 0 Å². The van der Waals surface area contributed by atoms with Crippen LogP contribution in [0.4, 0.5) is 13.2 Å². The van der Waals surface area contributed by atoms with Crippen molar-refractivity contribution in [3.63, 3.8) is 0 Å². The van der Waals surface area contributed by atoms with E-state index >= 15 is 0 Å². The Morgan fingerprint density at radius 1 is 1.41 bits per heavy atom. The lowest BCUT2D eigenvalue weighted by molar-refractivity contribution is -0.140. The van der Waals surface area contributed by atoms with E-state index in [1.165, 1.54) is 6.33 Å². The van der Waals surface area contributed by atoms with Crippen molar-refractivity contribution in [2.45, 2.75) is 51.4 Å². The number of nitrogens with zero attached hydrogens (tertiary/aromatic N) is 3. The molecule has 0 aliphatic heterocycles. The first-order valence-electron chi connectivity index (χ1n) is 5.43. The molecule has 1 atom stereocenters. The normalized spacial score (nSPS) is 14.3. The second-order valence-electron chi connectivity index (χ2n) is 4.23. The highest BCUT2D eigenvalue weighted by atomic mass is 19.4. The molecular weight excluding hydrogens is 235 g/mol. The summed E-state index contributed by atoms with van der Waals surface area (Å²) in [5, 5.41) is 13.5. The van der Waals surface area contributed by atoms with Gasteiger partial charge in [-0.2, -0.15) is 18.3 Å². The van der Waals surface area contributed by atoms with Crippen LogP contribution < -0.4 is 0 Å². The summed E-state index contributed by atoms with van der Waals surface area (Å²) < 4.78 is 37.5. The molecule has 0 fully saturated rings. The van der Waals surface area contributed by atoms with E-state index in [9.17, 15) is 18.3 Å². The maximum absolute atomic E-state index is 12.0. The number of hydrogen-bond acceptors (Lipinski definition) is 3. The van der Waals surface area contributed by atoms with Crippen molar-refractivity contribution in [1.29, 1.82) is 0 Å². The zero-order valence-electron chi connectivity index (χ0n) is 9.78. The van der Waals surface area contributed by atoms with E-state index in [1.807, 2.05) is 13.8 Å². The molecule has 0 saturated heterocycles. The lowest BCUT2D eigenvalue weighted by Crippen LogP contribution is -2.19. The van der Waals surface area contributed by atoms with Gasteiger partial charge in [-0.25, -0.2) is 9.67 Å². The van der Waals surface area contributed by atoms with Crippen LogP contribution in [0.2, 0.25) is 0 Å². The Morgan fingerprint density at radius 3 is 2.59 bits per heavy atom. The molecule has 0 saturated carbocycles. The van der Waals surface area contributed by atoms with Crippen LogP contribution in [-0.4, -0.2) is 32.2 Å². The standard InChI is InChI=1S/C10H16F3N3O/c1-7(2)16-9(14-6-15-16)5-8(17)3-4-10(11,12)13/h6-8,17H,3-5H2,1-2H3. The molecule has 0 bridgehead atoms. The van der Waals surface area contributed by atoms with E-state index in [4.69, 9.17) is 0 Å². The molecule has 1 aromatic heterocycles. The van der Waals surface area contributed by atoms with Gasteiger partial charge in [0.05, 0.1) is 6.10 Å². The highest BCUT2D eigenvalue weighted by Gasteiger charge is 2.28. The third-order valence-electron chi connectivity index (χ3n) is 2.32. The van der Waals surface area contributed by atoms with Crippen molar-refractivity contribution in [3.8, 4) is 0 Å². The van der Waals surface area contributed by atoms with Crippen LogP contribution >= 0.6 is 0 Å². The van der Waals surface area contributed by atoms with Gasteiger partial charge in [-0.3, -0.25) is 0 Å². The number of aromatic nitrogens is 3. The lowest BCUT2D eigenvalue weighted by Gasteiger charge is -2.14. The third kappa shape index (κ3) is 4.72. The fraction of sp³-hybridized carbons (Fsp3) is 0.800. The van der Waals surface area contributed by atoms with Crippen molar-refractivity contribution >= 4 is 0 Å². The molecule has 17 heavy (non-hydrogen) atoms. The van der Waals surface area contributed by atoms with Crippen molar-refractivity contribution in [3.05, 3.63) is 12.2 Å². The number of halogens is 3. The summed E-state index contributed by atoms with van der Waals surface area (Å²) >= 11 is 0. The Kier molecular flexibility index (Phi) is 4.50. The molecule has 1 aromatic rings. The summed E-state index contributed by atoms with van der Waals surface area (Å²) in [6, 6.07) is 0.0716. The van der Waals surface area contributed by atoms with Crippen LogP contribution in [0.5, 0.6) is 0 Å². The minimum absolute atomic E-state index is 0.0716. The SMILES string of the molecule is CC(C)n1ncnc1CC(O)CCC(F)(F)F. The minimum atomic E-state index is -4.23. The quantitative estimate of drug-likeness (QED) is 0.872. The Balaban J connectivity index is 2.50. The molecule has 0 aromatic carbocycles. The van der Waals surface area contributed by atoms with Crippen LogP contribution in [0.3, 0.4) is 0 Å². The zero-order chi connectivity index (χ0) is 13.1. The van der Waals surface area contributed by atoms with Gasteiger partial charge in [0, 0.05) is 18.9 Å². The molecule has 0 amide bonds. The summed E-state index contributed by atoms with van der Waals surface area (Å²) in [4.78, 5) is 3.93. The Morgan fingerprint density at radius 2 is 2.06 bits per heavy atom.